The highest BCUT2D eigenvalue weighted by Crippen LogP contribution is 2.23. The molecule has 1 amide bonds. The van der Waals surface area contributed by atoms with E-state index in [1.807, 2.05) is 17.0 Å². The molecule has 0 aliphatic carbocycles. The number of hydrogen-bond acceptors (Lipinski definition) is 3. The summed E-state index contributed by atoms with van der Waals surface area (Å²) in [6, 6.07) is 5.47. The summed E-state index contributed by atoms with van der Waals surface area (Å²) in [6.45, 7) is 8.61. The molecule has 0 radical (unpaired) electrons. The molecule has 0 aliphatic heterocycles. The standard InChI is InChI=1S/C16H25Cl2N3O/c1-3-20(4-2)9-10-21(16(22)7-8-19)12-13-5-6-14(17)15(18)11-13/h5-6,11H,3-4,7-10,12,19H2,1-2H3. The van der Waals surface area contributed by atoms with Crippen molar-refractivity contribution < 1.29 is 4.79 Å². The fraction of sp³-hybridized carbons (Fsp3) is 0.562. The zero-order valence-corrected chi connectivity index (χ0v) is 14.8. The Morgan fingerprint density at radius 3 is 2.36 bits per heavy atom. The number of amides is 1. The van der Waals surface area contributed by atoms with Crippen molar-refractivity contribution in [1.29, 1.82) is 0 Å². The summed E-state index contributed by atoms with van der Waals surface area (Å²) in [6.07, 6.45) is 0.361. The van der Waals surface area contributed by atoms with Crippen molar-refractivity contribution in [3.8, 4) is 0 Å². The van der Waals surface area contributed by atoms with Crippen molar-refractivity contribution >= 4 is 29.1 Å². The topological polar surface area (TPSA) is 49.6 Å². The number of benzene rings is 1. The summed E-state index contributed by atoms with van der Waals surface area (Å²) in [5, 5.41) is 1.03. The highest BCUT2D eigenvalue weighted by atomic mass is 35.5. The maximum Gasteiger partial charge on any atom is 0.224 e. The van der Waals surface area contributed by atoms with E-state index in [1.54, 1.807) is 6.07 Å². The smallest absolute Gasteiger partial charge is 0.224 e. The van der Waals surface area contributed by atoms with Crippen LogP contribution in [0, 0.1) is 0 Å². The van der Waals surface area contributed by atoms with E-state index in [0.29, 0.717) is 36.1 Å². The molecule has 6 heteroatoms. The Labute approximate surface area is 143 Å². The number of halogens is 2. The number of carbonyl (C=O) groups excluding carboxylic acids is 1. The lowest BCUT2D eigenvalue weighted by Gasteiger charge is -2.26. The first kappa shape index (κ1) is 19.2. The van der Waals surface area contributed by atoms with Crippen molar-refractivity contribution in [2.75, 3.05) is 32.7 Å². The molecule has 0 fully saturated rings. The van der Waals surface area contributed by atoms with Gasteiger partial charge in [-0.1, -0.05) is 43.1 Å². The van der Waals surface area contributed by atoms with E-state index in [2.05, 4.69) is 18.7 Å². The molecule has 2 N–H and O–H groups in total. The van der Waals surface area contributed by atoms with Gasteiger partial charge in [0, 0.05) is 32.6 Å². The van der Waals surface area contributed by atoms with Crippen LogP contribution in [-0.2, 0) is 11.3 Å². The van der Waals surface area contributed by atoms with Crippen LogP contribution in [0.1, 0.15) is 25.8 Å². The second-order valence-electron chi connectivity index (χ2n) is 5.13. The van der Waals surface area contributed by atoms with E-state index in [1.165, 1.54) is 0 Å². The van der Waals surface area contributed by atoms with Crippen LogP contribution in [0.5, 0.6) is 0 Å². The van der Waals surface area contributed by atoms with Gasteiger partial charge in [-0.3, -0.25) is 4.79 Å². The first-order chi connectivity index (χ1) is 10.5. The molecular formula is C16H25Cl2N3O. The van der Waals surface area contributed by atoms with E-state index in [9.17, 15) is 4.79 Å². The summed E-state index contributed by atoms with van der Waals surface area (Å²) < 4.78 is 0. The molecule has 0 atom stereocenters. The fourth-order valence-corrected chi connectivity index (χ4v) is 2.55. The molecule has 0 bridgehead atoms. The monoisotopic (exact) mass is 345 g/mol. The van der Waals surface area contributed by atoms with Crippen molar-refractivity contribution in [3.05, 3.63) is 33.8 Å². The average Bonchev–Trinajstić information content (AvgIpc) is 2.50. The van der Waals surface area contributed by atoms with Crippen molar-refractivity contribution in [1.82, 2.24) is 9.80 Å². The molecular weight excluding hydrogens is 321 g/mol. The van der Waals surface area contributed by atoms with E-state index >= 15 is 0 Å². The van der Waals surface area contributed by atoms with Crippen molar-refractivity contribution in [3.63, 3.8) is 0 Å². The fourth-order valence-electron chi connectivity index (χ4n) is 2.23. The van der Waals surface area contributed by atoms with Gasteiger partial charge in [-0.05, 0) is 30.8 Å². The number of rotatable bonds is 9. The first-order valence-corrected chi connectivity index (χ1v) is 8.41. The SMILES string of the molecule is CCN(CC)CCN(Cc1ccc(Cl)c(Cl)c1)C(=O)CCN. The quantitative estimate of drug-likeness (QED) is 0.748. The van der Waals surface area contributed by atoms with Gasteiger partial charge >= 0.3 is 0 Å². The highest BCUT2D eigenvalue weighted by Gasteiger charge is 2.15. The summed E-state index contributed by atoms with van der Waals surface area (Å²) in [7, 11) is 0. The predicted molar refractivity (Wildman–Crippen MR) is 93.3 cm³/mol. The lowest BCUT2D eigenvalue weighted by atomic mass is 10.2. The van der Waals surface area contributed by atoms with E-state index < -0.39 is 0 Å². The van der Waals surface area contributed by atoms with Gasteiger partial charge in [-0.15, -0.1) is 0 Å². The van der Waals surface area contributed by atoms with Crippen molar-refractivity contribution in [2.24, 2.45) is 5.73 Å². The Balaban J connectivity index is 2.76. The van der Waals surface area contributed by atoms with Crippen LogP contribution < -0.4 is 5.73 Å². The van der Waals surface area contributed by atoms with E-state index in [-0.39, 0.29) is 5.91 Å². The lowest BCUT2D eigenvalue weighted by molar-refractivity contribution is -0.131. The third-order valence-electron chi connectivity index (χ3n) is 3.65. The van der Waals surface area contributed by atoms with Crippen LogP contribution in [-0.4, -0.2) is 48.4 Å². The number of carbonyl (C=O) groups is 1. The molecule has 0 heterocycles. The third kappa shape index (κ3) is 6.13. The average molecular weight is 346 g/mol. The zero-order valence-electron chi connectivity index (χ0n) is 13.3. The zero-order chi connectivity index (χ0) is 16.5. The molecule has 22 heavy (non-hydrogen) atoms. The van der Waals surface area contributed by atoms with Gasteiger partial charge in [-0.25, -0.2) is 0 Å². The second-order valence-corrected chi connectivity index (χ2v) is 5.94. The van der Waals surface area contributed by atoms with E-state index in [0.717, 1.165) is 25.2 Å². The maximum atomic E-state index is 12.3. The van der Waals surface area contributed by atoms with Gasteiger partial charge in [0.25, 0.3) is 0 Å². The van der Waals surface area contributed by atoms with Gasteiger partial charge in [0.2, 0.25) is 5.91 Å². The molecule has 0 aliphatic rings. The van der Waals surface area contributed by atoms with Gasteiger partial charge < -0.3 is 15.5 Å². The molecule has 0 spiro atoms. The molecule has 0 unspecified atom stereocenters. The molecule has 0 saturated heterocycles. The molecule has 1 rings (SSSR count). The minimum absolute atomic E-state index is 0.0701. The molecule has 0 aromatic heterocycles. The molecule has 1 aromatic rings. The number of hydrogen-bond donors (Lipinski definition) is 1. The number of nitrogens with zero attached hydrogens (tertiary/aromatic N) is 2. The summed E-state index contributed by atoms with van der Waals surface area (Å²) >= 11 is 12.0. The number of nitrogens with two attached hydrogens (primary N) is 1. The first-order valence-electron chi connectivity index (χ1n) is 7.65. The van der Waals surface area contributed by atoms with Crippen LogP contribution in [0.3, 0.4) is 0 Å². The van der Waals surface area contributed by atoms with Crippen LogP contribution in [0.25, 0.3) is 0 Å². The Morgan fingerprint density at radius 1 is 1.14 bits per heavy atom. The Bertz CT molecular complexity index is 478. The molecule has 1 aromatic carbocycles. The predicted octanol–water partition coefficient (Wildman–Crippen LogP) is 3.01. The lowest BCUT2D eigenvalue weighted by Crippen LogP contribution is -2.39. The maximum absolute atomic E-state index is 12.3. The van der Waals surface area contributed by atoms with Gasteiger partial charge in [0.15, 0.2) is 0 Å². The summed E-state index contributed by atoms with van der Waals surface area (Å²) in [5.74, 6) is 0.0701. The van der Waals surface area contributed by atoms with Gasteiger partial charge in [0.1, 0.15) is 0 Å². The van der Waals surface area contributed by atoms with Crippen molar-refractivity contribution in [2.45, 2.75) is 26.8 Å². The Hall–Kier alpha value is -0.810. The largest absolute Gasteiger partial charge is 0.337 e. The Kier molecular flexibility index (Phi) is 8.79. The third-order valence-corrected chi connectivity index (χ3v) is 4.39. The van der Waals surface area contributed by atoms with Crippen LogP contribution in [0.4, 0.5) is 0 Å². The minimum atomic E-state index is 0.0701. The van der Waals surface area contributed by atoms with Gasteiger partial charge in [0.05, 0.1) is 10.0 Å². The summed E-state index contributed by atoms with van der Waals surface area (Å²) in [4.78, 5) is 16.4. The number of likely N-dealkylation sites (N-methyl/N-ethyl adjacent to an activating group) is 1. The van der Waals surface area contributed by atoms with Gasteiger partial charge in [-0.2, -0.15) is 0 Å². The normalized spacial score (nSPS) is 11.0. The van der Waals surface area contributed by atoms with Crippen LogP contribution >= 0.6 is 23.2 Å². The summed E-state index contributed by atoms with van der Waals surface area (Å²) in [5.41, 5.74) is 6.49. The minimum Gasteiger partial charge on any atom is -0.337 e. The second kappa shape index (κ2) is 10.1. The molecule has 4 nitrogen and oxygen atoms in total. The Morgan fingerprint density at radius 2 is 1.82 bits per heavy atom. The highest BCUT2D eigenvalue weighted by molar-refractivity contribution is 6.42. The molecule has 124 valence electrons. The van der Waals surface area contributed by atoms with Crippen LogP contribution in [0.15, 0.2) is 18.2 Å². The van der Waals surface area contributed by atoms with E-state index in [4.69, 9.17) is 28.9 Å². The molecule has 0 saturated carbocycles. The van der Waals surface area contributed by atoms with Crippen LogP contribution in [0.2, 0.25) is 10.0 Å².